The zero-order chi connectivity index (χ0) is 21.8. The molecule has 4 nitrogen and oxygen atoms in total. The third-order valence-corrected chi connectivity index (χ3v) is 11.7. The van der Waals surface area contributed by atoms with Gasteiger partial charge in [-0.05, 0) is 85.4 Å². The molecule has 0 unspecified atom stereocenters. The van der Waals surface area contributed by atoms with Gasteiger partial charge in [0.2, 0.25) is 0 Å². The molecular weight excluding hydrogens is 388 g/mol. The first kappa shape index (κ1) is 21.1. The third kappa shape index (κ3) is 2.74. The van der Waals surface area contributed by atoms with E-state index in [1.807, 2.05) is 0 Å². The Bertz CT molecular complexity index is 756. The molecule has 174 valence electrons. The quantitative estimate of drug-likeness (QED) is 0.589. The van der Waals surface area contributed by atoms with Crippen LogP contribution in [-0.2, 0) is 14.3 Å². The summed E-state index contributed by atoms with van der Waals surface area (Å²) in [6.45, 7) is 10.4. The van der Waals surface area contributed by atoms with Crippen molar-refractivity contribution in [3.05, 3.63) is 0 Å². The van der Waals surface area contributed by atoms with Crippen molar-refractivity contribution in [2.45, 2.75) is 103 Å². The van der Waals surface area contributed by atoms with Crippen LogP contribution in [0.5, 0.6) is 0 Å². The fourth-order valence-electron chi connectivity index (χ4n) is 10.0. The molecule has 0 radical (unpaired) electrons. The van der Waals surface area contributed by atoms with Gasteiger partial charge in [-0.25, -0.2) is 0 Å². The Morgan fingerprint density at radius 1 is 0.968 bits per heavy atom. The largest absolute Gasteiger partial charge is 0.393 e. The zero-order valence-corrected chi connectivity index (χ0v) is 19.9. The summed E-state index contributed by atoms with van der Waals surface area (Å²) in [6.07, 6.45) is 9.21. The van der Waals surface area contributed by atoms with E-state index in [-0.39, 0.29) is 28.6 Å². The number of hydrogen-bond acceptors (Lipinski definition) is 4. The van der Waals surface area contributed by atoms with Crippen molar-refractivity contribution in [1.29, 1.82) is 0 Å². The Labute approximate surface area is 187 Å². The second-order valence-electron chi connectivity index (χ2n) is 13.1. The van der Waals surface area contributed by atoms with Crippen LogP contribution in [0.4, 0.5) is 0 Å². The minimum Gasteiger partial charge on any atom is -0.393 e. The lowest BCUT2D eigenvalue weighted by Crippen LogP contribution is -2.57. The van der Waals surface area contributed by atoms with Crippen LogP contribution < -0.4 is 0 Å². The molecule has 12 atom stereocenters. The van der Waals surface area contributed by atoms with Gasteiger partial charge in [0.05, 0.1) is 18.8 Å². The highest BCUT2D eigenvalue weighted by Crippen LogP contribution is 2.71. The Kier molecular flexibility index (Phi) is 4.62. The van der Waals surface area contributed by atoms with Gasteiger partial charge in [-0.3, -0.25) is 4.79 Å². The van der Waals surface area contributed by atoms with Crippen LogP contribution in [0, 0.1) is 52.3 Å². The minimum absolute atomic E-state index is 0.0823. The molecule has 6 fully saturated rings. The van der Waals surface area contributed by atoms with E-state index in [4.69, 9.17) is 9.47 Å². The Morgan fingerprint density at radius 2 is 1.74 bits per heavy atom. The van der Waals surface area contributed by atoms with Crippen LogP contribution in [0.1, 0.15) is 85.5 Å². The van der Waals surface area contributed by atoms with Crippen molar-refractivity contribution < 1.29 is 19.4 Å². The van der Waals surface area contributed by atoms with Crippen LogP contribution in [0.2, 0.25) is 0 Å². The first-order chi connectivity index (χ1) is 14.7. The Balaban J connectivity index is 1.28. The van der Waals surface area contributed by atoms with Gasteiger partial charge in [-0.2, -0.15) is 0 Å². The number of fused-ring (bicyclic) bond motifs is 7. The average Bonchev–Trinajstić information content (AvgIpc) is 3.17. The maximum atomic E-state index is 13.3. The highest BCUT2D eigenvalue weighted by molar-refractivity contribution is 5.83. The van der Waals surface area contributed by atoms with Gasteiger partial charge < -0.3 is 14.6 Å². The highest BCUT2D eigenvalue weighted by Gasteiger charge is 2.69. The maximum Gasteiger partial charge on any atom is 0.171 e. The molecule has 0 amide bonds. The van der Waals surface area contributed by atoms with E-state index in [2.05, 4.69) is 27.7 Å². The molecule has 4 heteroatoms. The average molecular weight is 431 g/mol. The molecule has 4 saturated carbocycles. The molecule has 0 aromatic carbocycles. The van der Waals surface area contributed by atoms with Crippen LogP contribution >= 0.6 is 0 Å². The molecule has 6 aliphatic rings. The number of rotatable bonds is 0. The number of Topliss-reactive ketones (excluding diaryl/α,β-unsaturated/α-hetero) is 1. The van der Waals surface area contributed by atoms with Gasteiger partial charge in [0, 0.05) is 24.7 Å². The van der Waals surface area contributed by atoms with E-state index in [1.54, 1.807) is 0 Å². The number of ether oxygens (including phenoxy) is 2. The van der Waals surface area contributed by atoms with Crippen molar-refractivity contribution in [2.24, 2.45) is 52.3 Å². The normalized spacial score (nSPS) is 60.9. The molecule has 2 saturated heterocycles. The van der Waals surface area contributed by atoms with Crippen LogP contribution in [0.3, 0.4) is 0 Å². The highest BCUT2D eigenvalue weighted by atomic mass is 16.7. The van der Waals surface area contributed by atoms with Crippen LogP contribution in [0.25, 0.3) is 0 Å². The van der Waals surface area contributed by atoms with Crippen LogP contribution in [-0.4, -0.2) is 35.5 Å². The number of ketones is 1. The van der Waals surface area contributed by atoms with Gasteiger partial charge >= 0.3 is 0 Å². The SMILES string of the molecule is C[C@@H]1CC[C@@]2(OC1)O[C@H]1C[C@H]3[C@@H]4CC(=O)[C@H]5C[C@@H](O)CC[C@]5(C)[C@@H]4CC[C@]3(C)[C@H]1[C@@H]2C. The molecule has 2 aliphatic heterocycles. The summed E-state index contributed by atoms with van der Waals surface area (Å²) in [6, 6.07) is 0. The van der Waals surface area contributed by atoms with Crippen molar-refractivity contribution in [1.82, 2.24) is 0 Å². The monoisotopic (exact) mass is 430 g/mol. The molecule has 4 aliphatic carbocycles. The number of carbonyl (C=O) groups excluding carboxylic acids is 1. The van der Waals surface area contributed by atoms with E-state index in [9.17, 15) is 9.90 Å². The van der Waals surface area contributed by atoms with Gasteiger partial charge in [0.1, 0.15) is 5.78 Å². The molecule has 2 heterocycles. The molecular formula is C27H42O4. The molecule has 0 bridgehead atoms. The second kappa shape index (κ2) is 6.79. The number of aliphatic hydroxyl groups excluding tert-OH is 1. The summed E-state index contributed by atoms with van der Waals surface area (Å²) in [5.41, 5.74) is 0.355. The van der Waals surface area contributed by atoms with E-state index < -0.39 is 0 Å². The Hall–Kier alpha value is -0.450. The van der Waals surface area contributed by atoms with Crippen LogP contribution in [0.15, 0.2) is 0 Å². The molecule has 0 aromatic heterocycles. The summed E-state index contributed by atoms with van der Waals surface area (Å²) < 4.78 is 13.3. The fraction of sp³-hybridized carbons (Fsp3) is 0.963. The second-order valence-corrected chi connectivity index (χ2v) is 13.1. The topological polar surface area (TPSA) is 55.8 Å². The van der Waals surface area contributed by atoms with Gasteiger partial charge in [-0.1, -0.05) is 27.7 Å². The summed E-state index contributed by atoms with van der Waals surface area (Å²) >= 11 is 0. The van der Waals surface area contributed by atoms with Crippen molar-refractivity contribution in [3.63, 3.8) is 0 Å². The number of hydrogen-bond donors (Lipinski definition) is 1. The lowest BCUT2D eigenvalue weighted by atomic mass is 9.44. The lowest BCUT2D eigenvalue weighted by molar-refractivity contribution is -0.273. The lowest BCUT2D eigenvalue weighted by Gasteiger charge is -2.60. The summed E-state index contributed by atoms with van der Waals surface area (Å²) in [7, 11) is 0. The van der Waals surface area contributed by atoms with Gasteiger partial charge in [0.15, 0.2) is 5.79 Å². The summed E-state index contributed by atoms with van der Waals surface area (Å²) in [5.74, 6) is 3.53. The zero-order valence-electron chi connectivity index (χ0n) is 19.9. The molecule has 0 aromatic rings. The van der Waals surface area contributed by atoms with Crippen molar-refractivity contribution in [2.75, 3.05) is 6.61 Å². The molecule has 6 rings (SSSR count). The summed E-state index contributed by atoms with van der Waals surface area (Å²) in [4.78, 5) is 13.3. The standard InChI is InChI=1S/C27H42O4/c1-15-5-10-27(30-14-15)16(2)24-23(31-27)13-20-18-12-22(29)21-11-17(28)6-8-25(21,3)19(18)7-9-26(20,24)4/h15-21,23-24,28H,5-14H2,1-4H3/t15-,16+,17+,18-,19-,20+,21-,23+,24+,25-,26+,27-/m1/s1. The molecule has 31 heavy (non-hydrogen) atoms. The van der Waals surface area contributed by atoms with E-state index in [0.717, 1.165) is 38.7 Å². The maximum absolute atomic E-state index is 13.3. The Morgan fingerprint density at radius 3 is 2.48 bits per heavy atom. The van der Waals surface area contributed by atoms with Gasteiger partial charge in [0.25, 0.3) is 0 Å². The van der Waals surface area contributed by atoms with E-state index in [0.29, 0.717) is 53.8 Å². The third-order valence-electron chi connectivity index (χ3n) is 11.7. The first-order valence-corrected chi connectivity index (χ1v) is 13.2. The predicted octanol–water partition coefficient (Wildman–Crippen LogP) is 4.97. The number of aliphatic hydroxyl groups is 1. The summed E-state index contributed by atoms with van der Waals surface area (Å²) in [5, 5.41) is 10.3. The van der Waals surface area contributed by atoms with Crippen molar-refractivity contribution in [3.8, 4) is 0 Å². The first-order valence-electron chi connectivity index (χ1n) is 13.2. The smallest absolute Gasteiger partial charge is 0.171 e. The predicted molar refractivity (Wildman–Crippen MR) is 118 cm³/mol. The minimum atomic E-state index is -0.356. The van der Waals surface area contributed by atoms with E-state index >= 15 is 0 Å². The fourth-order valence-corrected chi connectivity index (χ4v) is 10.0. The number of carbonyl (C=O) groups is 1. The van der Waals surface area contributed by atoms with Crippen molar-refractivity contribution >= 4 is 5.78 Å². The molecule has 1 spiro atoms. The van der Waals surface area contributed by atoms with Gasteiger partial charge in [-0.15, -0.1) is 0 Å². The molecule has 1 N–H and O–H groups in total. The van der Waals surface area contributed by atoms with E-state index in [1.165, 1.54) is 19.3 Å².